The molecule has 1 fully saturated rings. The van der Waals surface area contributed by atoms with Gasteiger partial charge in [0.1, 0.15) is 5.76 Å². The molecular weight excluding hydrogens is 268 g/mol. The maximum absolute atomic E-state index is 12.1. The number of hydrogen-bond acceptors (Lipinski definition) is 3. The number of aryl methyl sites for hydroxylation is 1. The van der Waals surface area contributed by atoms with Crippen molar-refractivity contribution in [1.82, 2.24) is 10.2 Å². The second-order valence-electron chi connectivity index (χ2n) is 5.50. The highest BCUT2D eigenvalue weighted by Gasteiger charge is 2.23. The van der Waals surface area contributed by atoms with E-state index in [1.54, 1.807) is 6.26 Å². The molecular formula is C16H26N2O3. The predicted molar refractivity (Wildman–Crippen MR) is 81.3 cm³/mol. The highest BCUT2D eigenvalue weighted by atomic mass is 16.5. The molecule has 1 N–H and O–H groups in total. The molecule has 2 heterocycles. The van der Waals surface area contributed by atoms with Crippen LogP contribution in [0.4, 0.5) is 4.79 Å². The fourth-order valence-electron chi connectivity index (χ4n) is 2.57. The van der Waals surface area contributed by atoms with Crippen LogP contribution in [0.1, 0.15) is 38.4 Å². The van der Waals surface area contributed by atoms with Gasteiger partial charge in [0.25, 0.3) is 0 Å². The smallest absolute Gasteiger partial charge is 0.317 e. The average molecular weight is 294 g/mol. The molecule has 1 unspecified atom stereocenters. The Labute approximate surface area is 126 Å². The van der Waals surface area contributed by atoms with E-state index < -0.39 is 0 Å². The normalized spacial score (nSPS) is 18.7. The number of nitrogens with one attached hydrogen (secondary N) is 1. The zero-order valence-corrected chi connectivity index (χ0v) is 12.8. The summed E-state index contributed by atoms with van der Waals surface area (Å²) >= 11 is 0. The van der Waals surface area contributed by atoms with Gasteiger partial charge in [0.15, 0.2) is 0 Å². The Hall–Kier alpha value is -1.49. The van der Waals surface area contributed by atoms with E-state index in [9.17, 15) is 4.79 Å². The lowest BCUT2D eigenvalue weighted by atomic mass is 10.1. The summed E-state index contributed by atoms with van der Waals surface area (Å²) in [7, 11) is 0. The fourth-order valence-corrected chi connectivity index (χ4v) is 2.57. The Kier molecular flexibility index (Phi) is 6.60. The number of piperidine rings is 1. The van der Waals surface area contributed by atoms with Gasteiger partial charge in [-0.3, -0.25) is 0 Å². The summed E-state index contributed by atoms with van der Waals surface area (Å²) < 4.78 is 11.0. The number of furan rings is 1. The molecule has 1 aromatic rings. The van der Waals surface area contributed by atoms with Crippen LogP contribution in [0.15, 0.2) is 22.8 Å². The van der Waals surface area contributed by atoms with Crippen LogP contribution in [0.5, 0.6) is 0 Å². The first kappa shape index (κ1) is 15.9. The molecule has 2 rings (SSSR count). The number of ether oxygens (including phenoxy) is 1. The summed E-state index contributed by atoms with van der Waals surface area (Å²) in [6.45, 7) is 5.10. The number of likely N-dealkylation sites (tertiary alicyclic amines) is 1. The van der Waals surface area contributed by atoms with Gasteiger partial charge in [-0.1, -0.05) is 6.92 Å². The van der Waals surface area contributed by atoms with Crippen LogP contribution in [-0.2, 0) is 11.2 Å². The number of hydrogen-bond donors (Lipinski definition) is 1. The Morgan fingerprint density at radius 1 is 1.57 bits per heavy atom. The molecule has 1 atom stereocenters. The van der Waals surface area contributed by atoms with Gasteiger partial charge in [-0.2, -0.15) is 0 Å². The molecule has 1 aliphatic rings. The first-order valence-corrected chi connectivity index (χ1v) is 7.96. The summed E-state index contributed by atoms with van der Waals surface area (Å²) in [5.74, 6) is 0.968. The topological polar surface area (TPSA) is 54.7 Å². The van der Waals surface area contributed by atoms with E-state index in [2.05, 4.69) is 12.2 Å². The first-order valence-electron chi connectivity index (χ1n) is 7.96. The van der Waals surface area contributed by atoms with Crippen LogP contribution in [0, 0.1) is 0 Å². The van der Waals surface area contributed by atoms with Crippen molar-refractivity contribution in [3.63, 3.8) is 0 Å². The third-order valence-electron chi connectivity index (χ3n) is 3.68. The van der Waals surface area contributed by atoms with Crippen molar-refractivity contribution in [3.8, 4) is 0 Å². The summed E-state index contributed by atoms with van der Waals surface area (Å²) in [6.07, 6.45) is 6.73. The van der Waals surface area contributed by atoms with E-state index in [4.69, 9.17) is 9.15 Å². The van der Waals surface area contributed by atoms with Crippen LogP contribution in [0.3, 0.4) is 0 Å². The molecule has 2 amide bonds. The Bertz CT molecular complexity index is 406. The van der Waals surface area contributed by atoms with Gasteiger partial charge < -0.3 is 19.4 Å². The van der Waals surface area contributed by atoms with Crippen LogP contribution in [-0.4, -0.2) is 43.3 Å². The second kappa shape index (κ2) is 8.72. The van der Waals surface area contributed by atoms with Gasteiger partial charge in [-0.25, -0.2) is 4.79 Å². The maximum atomic E-state index is 12.1. The molecule has 0 aliphatic carbocycles. The average Bonchev–Trinajstić information content (AvgIpc) is 3.03. The maximum Gasteiger partial charge on any atom is 0.317 e. The van der Waals surface area contributed by atoms with Crippen molar-refractivity contribution in [3.05, 3.63) is 24.2 Å². The number of nitrogens with zero attached hydrogens (tertiary/aromatic N) is 1. The monoisotopic (exact) mass is 294 g/mol. The number of amides is 2. The van der Waals surface area contributed by atoms with Crippen molar-refractivity contribution < 1.29 is 13.9 Å². The zero-order chi connectivity index (χ0) is 14.9. The Balaban J connectivity index is 1.63. The third kappa shape index (κ3) is 5.42. The standard InChI is InChI=1S/C16H26N2O3/c1-2-11-20-15-7-4-10-18(13-15)16(19)17-9-3-6-14-8-5-12-21-14/h5,8,12,15H,2-4,6-7,9-11,13H2,1H3,(H,17,19). The van der Waals surface area contributed by atoms with Gasteiger partial charge in [-0.15, -0.1) is 0 Å². The minimum Gasteiger partial charge on any atom is -0.469 e. The van der Waals surface area contributed by atoms with E-state index >= 15 is 0 Å². The molecule has 21 heavy (non-hydrogen) atoms. The third-order valence-corrected chi connectivity index (χ3v) is 3.68. The molecule has 0 spiro atoms. The largest absolute Gasteiger partial charge is 0.469 e. The van der Waals surface area contributed by atoms with Crippen LogP contribution in [0.2, 0.25) is 0 Å². The molecule has 5 nitrogen and oxygen atoms in total. The number of carbonyl (C=O) groups is 1. The number of carbonyl (C=O) groups excluding carboxylic acids is 1. The van der Waals surface area contributed by atoms with E-state index in [1.165, 1.54) is 0 Å². The van der Waals surface area contributed by atoms with Crippen molar-refractivity contribution in [2.45, 2.75) is 45.1 Å². The lowest BCUT2D eigenvalue weighted by Gasteiger charge is -2.32. The lowest BCUT2D eigenvalue weighted by molar-refractivity contribution is 0.0101. The van der Waals surface area contributed by atoms with Crippen molar-refractivity contribution in [2.75, 3.05) is 26.2 Å². The molecule has 1 saturated heterocycles. The molecule has 118 valence electrons. The van der Waals surface area contributed by atoms with Crippen molar-refractivity contribution in [1.29, 1.82) is 0 Å². The molecule has 0 radical (unpaired) electrons. The molecule has 0 aromatic carbocycles. The van der Waals surface area contributed by atoms with Gasteiger partial charge in [-0.05, 0) is 37.8 Å². The minimum absolute atomic E-state index is 0.0271. The van der Waals surface area contributed by atoms with E-state index in [-0.39, 0.29) is 12.1 Å². The van der Waals surface area contributed by atoms with E-state index in [1.807, 2.05) is 17.0 Å². The van der Waals surface area contributed by atoms with E-state index in [0.29, 0.717) is 13.1 Å². The summed E-state index contributed by atoms with van der Waals surface area (Å²) in [6, 6.07) is 3.87. The zero-order valence-electron chi connectivity index (χ0n) is 12.8. The van der Waals surface area contributed by atoms with Gasteiger partial charge in [0.05, 0.1) is 12.4 Å². The highest BCUT2D eigenvalue weighted by molar-refractivity contribution is 5.74. The molecule has 5 heteroatoms. The minimum atomic E-state index is 0.0271. The highest BCUT2D eigenvalue weighted by Crippen LogP contribution is 2.13. The Morgan fingerprint density at radius 2 is 2.48 bits per heavy atom. The predicted octanol–water partition coefficient (Wildman–Crippen LogP) is 2.81. The lowest BCUT2D eigenvalue weighted by Crippen LogP contribution is -2.48. The Morgan fingerprint density at radius 3 is 3.24 bits per heavy atom. The number of rotatable bonds is 7. The van der Waals surface area contributed by atoms with Crippen molar-refractivity contribution >= 4 is 6.03 Å². The fraction of sp³-hybridized carbons (Fsp3) is 0.688. The van der Waals surface area contributed by atoms with Gasteiger partial charge in [0.2, 0.25) is 0 Å². The molecule has 0 saturated carbocycles. The second-order valence-corrected chi connectivity index (χ2v) is 5.50. The first-order chi connectivity index (χ1) is 10.3. The van der Waals surface area contributed by atoms with Gasteiger partial charge >= 0.3 is 6.03 Å². The molecule has 1 aromatic heterocycles. The van der Waals surface area contributed by atoms with Crippen LogP contribution in [0.25, 0.3) is 0 Å². The number of urea groups is 1. The van der Waals surface area contributed by atoms with Gasteiger partial charge in [0, 0.05) is 32.7 Å². The van der Waals surface area contributed by atoms with Crippen molar-refractivity contribution in [2.24, 2.45) is 0 Å². The van der Waals surface area contributed by atoms with Crippen LogP contribution >= 0.6 is 0 Å². The molecule has 1 aliphatic heterocycles. The van der Waals surface area contributed by atoms with Crippen LogP contribution < -0.4 is 5.32 Å². The summed E-state index contributed by atoms with van der Waals surface area (Å²) in [5, 5.41) is 2.98. The van der Waals surface area contributed by atoms with E-state index in [0.717, 1.165) is 51.0 Å². The summed E-state index contributed by atoms with van der Waals surface area (Å²) in [4.78, 5) is 14.0. The summed E-state index contributed by atoms with van der Waals surface area (Å²) in [5.41, 5.74) is 0. The quantitative estimate of drug-likeness (QED) is 0.787. The molecule has 0 bridgehead atoms. The SMILES string of the molecule is CCCOC1CCCN(C(=O)NCCCc2ccco2)C1.